The highest BCUT2D eigenvalue weighted by Gasteiger charge is 2.26. The highest BCUT2D eigenvalue weighted by molar-refractivity contribution is 5.75. The molecule has 0 spiro atoms. The fourth-order valence-electron chi connectivity index (χ4n) is 2.51. The Hall–Kier alpha value is -1.29. The van der Waals surface area contributed by atoms with Crippen LogP contribution in [0.1, 0.15) is 43.1 Å². The minimum Gasteiger partial charge on any atom is -0.481 e. The van der Waals surface area contributed by atoms with Gasteiger partial charge < -0.3 is 14.4 Å². The van der Waals surface area contributed by atoms with Crippen LogP contribution in [0.25, 0.3) is 0 Å². The van der Waals surface area contributed by atoms with E-state index < -0.39 is 11.9 Å². The molecule has 0 radical (unpaired) electrons. The maximum Gasteiger partial charge on any atom is 0.315 e. The summed E-state index contributed by atoms with van der Waals surface area (Å²) in [6.45, 7) is 4.41. The van der Waals surface area contributed by atoms with E-state index in [1.165, 1.54) is 25.7 Å². The minimum absolute atomic E-state index is 0.545. The Balaban J connectivity index is 2.04. The summed E-state index contributed by atoms with van der Waals surface area (Å²) in [4.78, 5) is 13.6. The fraction of sp³-hybridized carbons (Fsp3) is 0.643. The summed E-state index contributed by atoms with van der Waals surface area (Å²) in [5.41, 5.74) is 0. The van der Waals surface area contributed by atoms with Gasteiger partial charge in [-0.3, -0.25) is 4.79 Å². The van der Waals surface area contributed by atoms with Gasteiger partial charge in [0.1, 0.15) is 17.4 Å². The standard InChI is InChI=1S/C14H21NO3/c1-11-6-7-13(18-11)12(14(16)17)10-15-8-4-2-3-5-9-15/h6-7,12H,2-5,8-10H2,1H3,(H,16,17). The molecule has 4 nitrogen and oxygen atoms in total. The molecule has 1 aliphatic heterocycles. The highest BCUT2D eigenvalue weighted by Crippen LogP contribution is 2.22. The van der Waals surface area contributed by atoms with E-state index in [0.29, 0.717) is 12.3 Å². The van der Waals surface area contributed by atoms with Crippen molar-refractivity contribution in [3.8, 4) is 0 Å². The number of rotatable bonds is 4. The van der Waals surface area contributed by atoms with Crippen molar-refractivity contribution >= 4 is 5.97 Å². The summed E-state index contributed by atoms with van der Waals surface area (Å²) in [6, 6.07) is 3.61. The zero-order valence-corrected chi connectivity index (χ0v) is 10.9. The topological polar surface area (TPSA) is 53.7 Å². The molecule has 2 rings (SSSR count). The number of nitrogens with zero attached hydrogens (tertiary/aromatic N) is 1. The molecule has 0 aliphatic carbocycles. The van der Waals surface area contributed by atoms with Crippen molar-refractivity contribution in [3.05, 3.63) is 23.7 Å². The lowest BCUT2D eigenvalue weighted by molar-refractivity contribution is -0.139. The maximum atomic E-state index is 11.4. The second-order valence-corrected chi connectivity index (χ2v) is 5.05. The molecule has 1 fully saturated rings. The van der Waals surface area contributed by atoms with Crippen LogP contribution in [0.4, 0.5) is 0 Å². The third-order valence-corrected chi connectivity index (χ3v) is 3.54. The second-order valence-electron chi connectivity index (χ2n) is 5.05. The van der Waals surface area contributed by atoms with Crippen LogP contribution in [0.5, 0.6) is 0 Å². The van der Waals surface area contributed by atoms with Gasteiger partial charge in [0.2, 0.25) is 0 Å². The number of likely N-dealkylation sites (tertiary alicyclic amines) is 1. The monoisotopic (exact) mass is 251 g/mol. The van der Waals surface area contributed by atoms with E-state index in [4.69, 9.17) is 4.42 Å². The summed E-state index contributed by atoms with van der Waals surface area (Å²) in [5, 5.41) is 9.35. The van der Waals surface area contributed by atoms with Gasteiger partial charge in [0, 0.05) is 6.54 Å². The van der Waals surface area contributed by atoms with Crippen LogP contribution in [0.3, 0.4) is 0 Å². The van der Waals surface area contributed by atoms with Gasteiger partial charge in [-0.1, -0.05) is 12.8 Å². The number of hydrogen-bond donors (Lipinski definition) is 1. The number of aliphatic carboxylic acids is 1. The molecule has 0 bridgehead atoms. The van der Waals surface area contributed by atoms with Gasteiger partial charge in [0.15, 0.2) is 0 Å². The number of carbonyl (C=O) groups is 1. The Labute approximate surface area is 108 Å². The number of furan rings is 1. The molecule has 0 amide bonds. The molecule has 1 saturated heterocycles. The number of aryl methyl sites for hydroxylation is 1. The maximum absolute atomic E-state index is 11.4. The molecule has 1 aliphatic rings. The summed E-state index contributed by atoms with van der Waals surface area (Å²) < 4.78 is 5.47. The van der Waals surface area contributed by atoms with Crippen LogP contribution in [0.2, 0.25) is 0 Å². The average Bonchev–Trinajstić information content (AvgIpc) is 2.61. The summed E-state index contributed by atoms with van der Waals surface area (Å²) >= 11 is 0. The van der Waals surface area contributed by atoms with Gasteiger partial charge in [-0.2, -0.15) is 0 Å². The van der Waals surface area contributed by atoms with Crippen LogP contribution in [-0.4, -0.2) is 35.6 Å². The molecule has 18 heavy (non-hydrogen) atoms. The Morgan fingerprint density at radius 2 is 2.00 bits per heavy atom. The average molecular weight is 251 g/mol. The predicted molar refractivity (Wildman–Crippen MR) is 68.7 cm³/mol. The van der Waals surface area contributed by atoms with Crippen LogP contribution in [0, 0.1) is 6.92 Å². The molecular weight excluding hydrogens is 230 g/mol. The Bertz CT molecular complexity index is 391. The predicted octanol–water partition coefficient (Wildman–Crippen LogP) is 2.63. The summed E-state index contributed by atoms with van der Waals surface area (Å²) in [5.74, 6) is 0.00163. The largest absolute Gasteiger partial charge is 0.481 e. The number of hydrogen-bond acceptors (Lipinski definition) is 3. The van der Waals surface area contributed by atoms with Gasteiger partial charge >= 0.3 is 5.97 Å². The van der Waals surface area contributed by atoms with E-state index in [1.54, 1.807) is 6.07 Å². The lowest BCUT2D eigenvalue weighted by Crippen LogP contribution is -2.32. The molecule has 1 N–H and O–H groups in total. The third-order valence-electron chi connectivity index (χ3n) is 3.54. The molecule has 0 saturated carbocycles. The van der Waals surface area contributed by atoms with Crippen molar-refractivity contribution in [2.75, 3.05) is 19.6 Å². The first-order valence-corrected chi connectivity index (χ1v) is 6.68. The lowest BCUT2D eigenvalue weighted by Gasteiger charge is -2.22. The van der Waals surface area contributed by atoms with Crippen LogP contribution in [-0.2, 0) is 4.79 Å². The number of carboxylic acid groups (broad SMARTS) is 1. The first-order valence-electron chi connectivity index (χ1n) is 6.68. The second kappa shape index (κ2) is 6.05. The normalized spacial score (nSPS) is 19.4. The minimum atomic E-state index is -0.798. The quantitative estimate of drug-likeness (QED) is 0.893. The van der Waals surface area contributed by atoms with Gasteiger partial charge in [-0.05, 0) is 45.0 Å². The van der Waals surface area contributed by atoms with E-state index in [9.17, 15) is 9.90 Å². The Morgan fingerprint density at radius 3 is 2.50 bits per heavy atom. The molecule has 100 valence electrons. The highest BCUT2D eigenvalue weighted by atomic mass is 16.4. The first kappa shape index (κ1) is 13.1. The molecular formula is C14H21NO3. The summed E-state index contributed by atoms with van der Waals surface area (Å²) in [6.07, 6.45) is 4.86. The van der Waals surface area contributed by atoms with Crippen LogP contribution >= 0.6 is 0 Å². The number of carboxylic acids is 1. The van der Waals surface area contributed by atoms with Crippen LogP contribution < -0.4 is 0 Å². The molecule has 2 heterocycles. The van der Waals surface area contributed by atoms with Gasteiger partial charge in [-0.25, -0.2) is 0 Å². The smallest absolute Gasteiger partial charge is 0.315 e. The molecule has 4 heteroatoms. The zero-order chi connectivity index (χ0) is 13.0. The van der Waals surface area contributed by atoms with Crippen molar-refractivity contribution in [2.24, 2.45) is 0 Å². The van der Waals surface area contributed by atoms with E-state index in [1.807, 2.05) is 13.0 Å². The Morgan fingerprint density at radius 1 is 1.33 bits per heavy atom. The van der Waals surface area contributed by atoms with Gasteiger partial charge in [0.05, 0.1) is 0 Å². The van der Waals surface area contributed by atoms with E-state index in [0.717, 1.165) is 18.8 Å². The Kier molecular flexibility index (Phi) is 4.42. The van der Waals surface area contributed by atoms with E-state index in [2.05, 4.69) is 4.90 Å². The lowest BCUT2D eigenvalue weighted by atomic mass is 10.1. The summed E-state index contributed by atoms with van der Waals surface area (Å²) in [7, 11) is 0. The molecule has 1 unspecified atom stereocenters. The van der Waals surface area contributed by atoms with Gasteiger partial charge in [0.25, 0.3) is 0 Å². The molecule has 1 atom stereocenters. The van der Waals surface area contributed by atoms with Gasteiger partial charge in [-0.15, -0.1) is 0 Å². The fourth-order valence-corrected chi connectivity index (χ4v) is 2.51. The van der Waals surface area contributed by atoms with Crippen molar-refractivity contribution in [2.45, 2.75) is 38.5 Å². The zero-order valence-electron chi connectivity index (χ0n) is 10.9. The third kappa shape index (κ3) is 3.35. The van der Waals surface area contributed by atoms with Crippen molar-refractivity contribution < 1.29 is 14.3 Å². The molecule has 1 aromatic heterocycles. The molecule has 0 aromatic carbocycles. The first-order chi connectivity index (χ1) is 8.66. The molecule has 1 aromatic rings. The van der Waals surface area contributed by atoms with Crippen molar-refractivity contribution in [3.63, 3.8) is 0 Å². The van der Waals surface area contributed by atoms with Crippen LogP contribution in [0.15, 0.2) is 16.5 Å². The SMILES string of the molecule is Cc1ccc(C(CN2CCCCCC2)C(=O)O)o1. The van der Waals surface area contributed by atoms with E-state index >= 15 is 0 Å². The van der Waals surface area contributed by atoms with E-state index in [-0.39, 0.29) is 0 Å². The van der Waals surface area contributed by atoms with Crippen molar-refractivity contribution in [1.82, 2.24) is 4.90 Å². The van der Waals surface area contributed by atoms with Crippen molar-refractivity contribution in [1.29, 1.82) is 0 Å².